The minimum atomic E-state index is -0.579. The smallest absolute Gasteiger partial charge is 0.314 e. The highest BCUT2D eigenvalue weighted by Crippen LogP contribution is 2.17. The predicted octanol–water partition coefficient (Wildman–Crippen LogP) is 3.11. The van der Waals surface area contributed by atoms with E-state index in [1.807, 2.05) is 24.3 Å². The van der Waals surface area contributed by atoms with Gasteiger partial charge < -0.3 is 9.47 Å². The summed E-state index contributed by atoms with van der Waals surface area (Å²) in [6.45, 7) is 2.42. The van der Waals surface area contributed by atoms with E-state index in [1.54, 1.807) is 23.5 Å². The molecule has 0 fully saturated rings. The molecule has 1 rings (SSSR count). The first-order chi connectivity index (χ1) is 12.4. The molecule has 26 heavy (non-hydrogen) atoms. The van der Waals surface area contributed by atoms with Crippen LogP contribution in [0.2, 0.25) is 0 Å². The van der Waals surface area contributed by atoms with Crippen molar-refractivity contribution < 1.29 is 28.7 Å². The summed E-state index contributed by atoms with van der Waals surface area (Å²) >= 11 is 3.20. The molecule has 0 saturated heterocycles. The molecule has 0 atom stereocenters. The van der Waals surface area contributed by atoms with Gasteiger partial charge in [-0.15, -0.1) is 0 Å². The number of benzene rings is 1. The van der Waals surface area contributed by atoms with Crippen LogP contribution in [0.3, 0.4) is 0 Å². The van der Waals surface area contributed by atoms with Crippen LogP contribution in [0.4, 0.5) is 0 Å². The van der Waals surface area contributed by atoms with Gasteiger partial charge in [-0.05, 0) is 11.1 Å². The summed E-state index contributed by atoms with van der Waals surface area (Å²) in [6, 6.07) is 8.11. The fourth-order valence-corrected chi connectivity index (χ4v) is 3.61. The summed E-state index contributed by atoms with van der Waals surface area (Å²) in [6.07, 6.45) is 0.427. The van der Waals surface area contributed by atoms with E-state index < -0.39 is 23.9 Å². The Balaban J connectivity index is 2.19. The summed E-state index contributed by atoms with van der Waals surface area (Å²) in [4.78, 5) is 43.7. The first kappa shape index (κ1) is 22.2. The quantitative estimate of drug-likeness (QED) is 0.338. The van der Waals surface area contributed by atoms with Crippen molar-refractivity contribution in [2.45, 2.75) is 38.2 Å². The van der Waals surface area contributed by atoms with E-state index in [1.165, 1.54) is 13.8 Å². The number of carbonyl (C=O) groups excluding carboxylic acids is 4. The molecule has 1 aromatic carbocycles. The van der Waals surface area contributed by atoms with Crippen molar-refractivity contribution in [2.24, 2.45) is 0 Å². The molecule has 0 N–H and O–H groups in total. The summed E-state index contributed by atoms with van der Waals surface area (Å²) in [5, 5.41) is 0. The molecular weight excluding hydrogens is 376 g/mol. The highest BCUT2D eigenvalue weighted by Gasteiger charge is 2.07. The second kappa shape index (κ2) is 12.5. The van der Waals surface area contributed by atoms with Crippen molar-refractivity contribution in [3.63, 3.8) is 0 Å². The van der Waals surface area contributed by atoms with Crippen LogP contribution in [0, 0.1) is 0 Å². The maximum Gasteiger partial charge on any atom is 0.314 e. The zero-order valence-corrected chi connectivity index (χ0v) is 16.5. The fourth-order valence-electron chi connectivity index (χ4n) is 1.85. The van der Waals surface area contributed by atoms with Crippen LogP contribution in [0.25, 0.3) is 0 Å². The number of ether oxygens (including phenoxy) is 2. The van der Waals surface area contributed by atoms with Crippen LogP contribution in [0.15, 0.2) is 24.3 Å². The summed E-state index contributed by atoms with van der Waals surface area (Å²) in [5.74, 6) is 0.595. The number of hydrogen-bond donors (Lipinski definition) is 0. The molecule has 0 spiro atoms. The lowest BCUT2D eigenvalue weighted by Gasteiger charge is -2.05. The molecule has 0 unspecified atom stereocenters. The van der Waals surface area contributed by atoms with Gasteiger partial charge in [0.1, 0.15) is 0 Å². The van der Waals surface area contributed by atoms with E-state index in [2.05, 4.69) is 9.47 Å². The summed E-state index contributed by atoms with van der Waals surface area (Å²) in [7, 11) is 0. The van der Waals surface area contributed by atoms with Crippen molar-refractivity contribution in [1.82, 2.24) is 0 Å². The molecule has 0 saturated carbocycles. The minimum absolute atomic E-state index is 0.213. The van der Waals surface area contributed by atoms with Crippen LogP contribution in [-0.2, 0) is 40.2 Å². The topological polar surface area (TPSA) is 86.7 Å². The van der Waals surface area contributed by atoms with Crippen LogP contribution in [0.5, 0.6) is 0 Å². The van der Waals surface area contributed by atoms with Crippen molar-refractivity contribution in [1.29, 1.82) is 0 Å². The fraction of sp³-hybridized carbons (Fsp3) is 0.444. The predicted molar refractivity (Wildman–Crippen MR) is 102 cm³/mol. The van der Waals surface area contributed by atoms with Gasteiger partial charge in [0, 0.05) is 36.9 Å². The molecule has 0 aliphatic rings. The van der Waals surface area contributed by atoms with Gasteiger partial charge in [-0.1, -0.05) is 24.3 Å². The number of carbonyl (C=O) groups is 4. The minimum Gasteiger partial charge on any atom is -0.393 e. The Hall–Kier alpha value is -1.80. The molecule has 6 nitrogen and oxygen atoms in total. The van der Waals surface area contributed by atoms with E-state index in [9.17, 15) is 19.2 Å². The van der Waals surface area contributed by atoms with Crippen LogP contribution >= 0.6 is 23.5 Å². The Labute approximate surface area is 161 Å². The zero-order chi connectivity index (χ0) is 19.4. The molecule has 1 aromatic rings. The third-order valence-corrected chi connectivity index (χ3v) is 5.04. The van der Waals surface area contributed by atoms with E-state index in [-0.39, 0.29) is 12.8 Å². The molecule has 0 bridgehead atoms. The maximum absolute atomic E-state index is 11.2. The molecule has 0 amide bonds. The van der Waals surface area contributed by atoms with Gasteiger partial charge in [-0.3, -0.25) is 19.2 Å². The van der Waals surface area contributed by atoms with Crippen molar-refractivity contribution in [2.75, 3.05) is 11.5 Å². The first-order valence-electron chi connectivity index (χ1n) is 8.02. The first-order valence-corrected chi connectivity index (χ1v) is 10.3. The second-order valence-corrected chi connectivity index (χ2v) is 7.56. The lowest BCUT2D eigenvalue weighted by molar-refractivity contribution is -0.159. The highest BCUT2D eigenvalue weighted by molar-refractivity contribution is 7.98. The van der Waals surface area contributed by atoms with Gasteiger partial charge in [-0.2, -0.15) is 23.5 Å². The molecule has 0 heterocycles. The average Bonchev–Trinajstić information content (AvgIpc) is 2.55. The standard InChI is InChI=1S/C18H22O6S2/c1-13(19)23-17(21)7-9-25-11-15-3-5-16(6-4-15)12-26-10-8-18(22)24-14(2)20/h3-6H,7-12H2,1-2H3. The van der Waals surface area contributed by atoms with E-state index in [0.717, 1.165) is 22.6 Å². The van der Waals surface area contributed by atoms with Crippen LogP contribution in [0.1, 0.15) is 37.8 Å². The molecule has 0 aliphatic heterocycles. The van der Waals surface area contributed by atoms with Crippen molar-refractivity contribution >= 4 is 47.4 Å². The monoisotopic (exact) mass is 398 g/mol. The average molecular weight is 399 g/mol. The lowest BCUT2D eigenvalue weighted by atomic mass is 10.2. The van der Waals surface area contributed by atoms with Crippen LogP contribution in [-0.4, -0.2) is 35.4 Å². The Morgan fingerprint density at radius 3 is 1.38 bits per heavy atom. The van der Waals surface area contributed by atoms with Gasteiger partial charge in [0.05, 0.1) is 12.8 Å². The molecule has 0 aliphatic carbocycles. The Bertz CT molecular complexity index is 572. The number of esters is 4. The van der Waals surface area contributed by atoms with E-state index in [4.69, 9.17) is 0 Å². The Morgan fingerprint density at radius 2 is 1.08 bits per heavy atom. The molecule has 0 radical (unpaired) electrons. The lowest BCUT2D eigenvalue weighted by Crippen LogP contribution is -2.09. The normalized spacial score (nSPS) is 10.2. The van der Waals surface area contributed by atoms with E-state index in [0.29, 0.717) is 11.5 Å². The Kier molecular flexibility index (Phi) is 10.7. The third kappa shape index (κ3) is 10.9. The molecule has 142 valence electrons. The number of thioether (sulfide) groups is 2. The van der Waals surface area contributed by atoms with Gasteiger partial charge in [0.2, 0.25) is 0 Å². The van der Waals surface area contributed by atoms with Crippen LogP contribution < -0.4 is 0 Å². The third-order valence-electron chi connectivity index (χ3n) is 2.98. The highest BCUT2D eigenvalue weighted by atomic mass is 32.2. The summed E-state index contributed by atoms with van der Waals surface area (Å²) < 4.78 is 8.92. The molecule has 8 heteroatoms. The number of rotatable bonds is 10. The molecular formula is C18H22O6S2. The van der Waals surface area contributed by atoms with Gasteiger partial charge in [-0.25, -0.2) is 0 Å². The Morgan fingerprint density at radius 1 is 0.731 bits per heavy atom. The molecule has 0 aromatic heterocycles. The van der Waals surface area contributed by atoms with Gasteiger partial charge >= 0.3 is 23.9 Å². The second-order valence-electron chi connectivity index (χ2n) is 5.35. The van der Waals surface area contributed by atoms with Crippen molar-refractivity contribution in [3.8, 4) is 0 Å². The maximum atomic E-state index is 11.2. The SMILES string of the molecule is CC(=O)OC(=O)CCSCc1ccc(CSCCC(=O)OC(C)=O)cc1. The van der Waals surface area contributed by atoms with Crippen molar-refractivity contribution in [3.05, 3.63) is 35.4 Å². The van der Waals surface area contributed by atoms with Gasteiger partial charge in [0.25, 0.3) is 0 Å². The summed E-state index contributed by atoms with van der Waals surface area (Å²) in [5.41, 5.74) is 2.29. The largest absolute Gasteiger partial charge is 0.393 e. The zero-order valence-electron chi connectivity index (χ0n) is 14.8. The van der Waals surface area contributed by atoms with Gasteiger partial charge in [0.15, 0.2) is 0 Å². The van der Waals surface area contributed by atoms with E-state index >= 15 is 0 Å². The number of hydrogen-bond acceptors (Lipinski definition) is 8.